The Bertz CT molecular complexity index is 142. The van der Waals surface area contributed by atoms with Crippen molar-refractivity contribution in [2.45, 2.75) is 19.3 Å². The molecule has 1 heteroatoms. The Balaban J connectivity index is 2.47. The van der Waals surface area contributed by atoms with Gasteiger partial charge < -0.3 is 4.79 Å². The molecule has 0 aromatic rings. The molecule has 0 unspecified atom stereocenters. The van der Waals surface area contributed by atoms with Crippen molar-refractivity contribution >= 4 is 6.29 Å². The molecule has 10 heavy (non-hydrogen) atoms. The summed E-state index contributed by atoms with van der Waals surface area (Å²) in [5.74, 6) is 0.216. The van der Waals surface area contributed by atoms with E-state index in [1.54, 1.807) is 0 Å². The SMILES string of the molecule is O=CC1CC=CCC=CC1. The second kappa shape index (κ2) is 4.04. The maximum Gasteiger partial charge on any atom is 0.123 e. The van der Waals surface area contributed by atoms with E-state index in [4.69, 9.17) is 0 Å². The molecular formula is C9H12O. The third-order valence-electron chi connectivity index (χ3n) is 1.68. The van der Waals surface area contributed by atoms with Crippen molar-refractivity contribution in [3.8, 4) is 0 Å². The third kappa shape index (κ3) is 2.18. The van der Waals surface area contributed by atoms with Gasteiger partial charge in [-0.2, -0.15) is 0 Å². The van der Waals surface area contributed by atoms with Gasteiger partial charge in [-0.1, -0.05) is 24.3 Å². The maximum atomic E-state index is 10.4. The first-order valence-corrected chi connectivity index (χ1v) is 3.69. The predicted octanol–water partition coefficient (Wildman–Crippen LogP) is 2.10. The summed E-state index contributed by atoms with van der Waals surface area (Å²) in [7, 11) is 0. The molecule has 0 amide bonds. The van der Waals surface area contributed by atoms with Crippen molar-refractivity contribution in [1.82, 2.24) is 0 Å². The molecule has 0 N–H and O–H groups in total. The summed E-state index contributed by atoms with van der Waals surface area (Å²) in [5, 5.41) is 0. The molecule has 0 aromatic carbocycles. The number of hydrogen-bond acceptors (Lipinski definition) is 1. The molecule has 0 fully saturated rings. The Labute approximate surface area is 61.4 Å². The number of carbonyl (C=O) groups excluding carboxylic acids is 1. The Kier molecular flexibility index (Phi) is 2.94. The summed E-state index contributed by atoms with van der Waals surface area (Å²) in [6.07, 6.45) is 12.3. The van der Waals surface area contributed by atoms with Gasteiger partial charge in [-0.15, -0.1) is 0 Å². The smallest absolute Gasteiger partial charge is 0.123 e. The second-order valence-electron chi connectivity index (χ2n) is 2.55. The van der Waals surface area contributed by atoms with E-state index >= 15 is 0 Å². The van der Waals surface area contributed by atoms with Crippen LogP contribution in [0.25, 0.3) is 0 Å². The van der Waals surface area contributed by atoms with Crippen molar-refractivity contribution in [2.24, 2.45) is 5.92 Å². The molecule has 0 saturated heterocycles. The number of hydrogen-bond donors (Lipinski definition) is 0. The van der Waals surface area contributed by atoms with Gasteiger partial charge >= 0.3 is 0 Å². The minimum absolute atomic E-state index is 0.216. The average molecular weight is 136 g/mol. The summed E-state index contributed by atoms with van der Waals surface area (Å²) < 4.78 is 0. The van der Waals surface area contributed by atoms with Gasteiger partial charge in [0.2, 0.25) is 0 Å². The van der Waals surface area contributed by atoms with Crippen molar-refractivity contribution < 1.29 is 4.79 Å². The van der Waals surface area contributed by atoms with E-state index in [1.807, 2.05) is 0 Å². The molecule has 1 aliphatic carbocycles. The molecule has 0 spiro atoms. The zero-order valence-corrected chi connectivity index (χ0v) is 5.99. The molecule has 0 atom stereocenters. The molecule has 54 valence electrons. The van der Waals surface area contributed by atoms with Gasteiger partial charge in [-0.25, -0.2) is 0 Å². The zero-order valence-electron chi connectivity index (χ0n) is 5.99. The van der Waals surface area contributed by atoms with Crippen LogP contribution in [0.2, 0.25) is 0 Å². The van der Waals surface area contributed by atoms with Crippen LogP contribution in [0, 0.1) is 5.92 Å². The first-order chi connectivity index (χ1) is 4.93. The lowest BCUT2D eigenvalue weighted by Gasteiger charge is -2.04. The molecule has 0 radical (unpaired) electrons. The minimum Gasteiger partial charge on any atom is -0.303 e. The van der Waals surface area contributed by atoms with Gasteiger partial charge in [0.1, 0.15) is 6.29 Å². The molecule has 0 bridgehead atoms. The monoisotopic (exact) mass is 136 g/mol. The normalized spacial score (nSPS) is 25.4. The van der Waals surface area contributed by atoms with Crippen LogP contribution in [-0.2, 0) is 4.79 Å². The highest BCUT2D eigenvalue weighted by Gasteiger charge is 2.02. The van der Waals surface area contributed by atoms with E-state index in [-0.39, 0.29) is 5.92 Å². The molecule has 1 nitrogen and oxygen atoms in total. The van der Waals surface area contributed by atoms with E-state index in [0.717, 1.165) is 25.5 Å². The highest BCUT2D eigenvalue weighted by molar-refractivity contribution is 5.54. The summed E-state index contributed by atoms with van der Waals surface area (Å²) >= 11 is 0. The highest BCUT2D eigenvalue weighted by Crippen LogP contribution is 2.10. The van der Waals surface area contributed by atoms with E-state index in [0.29, 0.717) is 0 Å². The maximum absolute atomic E-state index is 10.4. The van der Waals surface area contributed by atoms with Crippen LogP contribution in [0.5, 0.6) is 0 Å². The Morgan fingerprint density at radius 1 is 1.10 bits per heavy atom. The van der Waals surface area contributed by atoms with Crippen LogP contribution in [-0.4, -0.2) is 6.29 Å². The molecular weight excluding hydrogens is 124 g/mol. The fourth-order valence-electron chi connectivity index (χ4n) is 1.02. The van der Waals surface area contributed by atoms with E-state index in [2.05, 4.69) is 24.3 Å². The topological polar surface area (TPSA) is 17.1 Å². The number of carbonyl (C=O) groups is 1. The minimum atomic E-state index is 0.216. The van der Waals surface area contributed by atoms with E-state index in [1.165, 1.54) is 0 Å². The molecule has 1 aliphatic rings. The number of aldehydes is 1. The van der Waals surface area contributed by atoms with Crippen molar-refractivity contribution in [3.05, 3.63) is 24.3 Å². The molecule has 0 aliphatic heterocycles. The average Bonchev–Trinajstić information content (AvgIpc) is 1.87. The summed E-state index contributed by atoms with van der Waals surface area (Å²) in [4.78, 5) is 10.4. The predicted molar refractivity (Wildman–Crippen MR) is 41.7 cm³/mol. The highest BCUT2D eigenvalue weighted by atomic mass is 16.1. The largest absolute Gasteiger partial charge is 0.303 e. The Morgan fingerprint density at radius 2 is 1.70 bits per heavy atom. The lowest BCUT2D eigenvalue weighted by molar-refractivity contribution is -0.110. The van der Waals surface area contributed by atoms with Crippen molar-refractivity contribution in [3.63, 3.8) is 0 Å². The fourth-order valence-corrected chi connectivity index (χ4v) is 1.02. The summed E-state index contributed by atoms with van der Waals surface area (Å²) in [5.41, 5.74) is 0. The first kappa shape index (κ1) is 7.26. The van der Waals surface area contributed by atoms with Gasteiger partial charge in [0.15, 0.2) is 0 Å². The van der Waals surface area contributed by atoms with Crippen LogP contribution in [0.1, 0.15) is 19.3 Å². The lowest BCUT2D eigenvalue weighted by atomic mass is 10.0. The van der Waals surface area contributed by atoms with Crippen LogP contribution in [0.3, 0.4) is 0 Å². The van der Waals surface area contributed by atoms with Gasteiger partial charge in [-0.3, -0.25) is 0 Å². The van der Waals surface area contributed by atoms with Crippen LogP contribution in [0.4, 0.5) is 0 Å². The van der Waals surface area contributed by atoms with Gasteiger partial charge in [0.25, 0.3) is 0 Å². The van der Waals surface area contributed by atoms with E-state index < -0.39 is 0 Å². The van der Waals surface area contributed by atoms with Gasteiger partial charge in [-0.05, 0) is 19.3 Å². The standard InChI is InChI=1S/C9H12O/c10-8-9-6-4-2-1-3-5-7-9/h2-5,8-9H,1,6-7H2. The number of allylic oxidation sites excluding steroid dienone is 4. The second-order valence-corrected chi connectivity index (χ2v) is 2.55. The van der Waals surface area contributed by atoms with Crippen LogP contribution in [0.15, 0.2) is 24.3 Å². The van der Waals surface area contributed by atoms with Crippen LogP contribution >= 0.6 is 0 Å². The fraction of sp³-hybridized carbons (Fsp3) is 0.444. The third-order valence-corrected chi connectivity index (χ3v) is 1.68. The summed E-state index contributed by atoms with van der Waals surface area (Å²) in [6, 6.07) is 0. The molecule has 1 rings (SSSR count). The number of rotatable bonds is 1. The lowest BCUT2D eigenvalue weighted by Crippen LogP contribution is -1.99. The zero-order chi connectivity index (χ0) is 7.23. The quantitative estimate of drug-likeness (QED) is 0.398. The Morgan fingerprint density at radius 3 is 2.20 bits per heavy atom. The summed E-state index contributed by atoms with van der Waals surface area (Å²) in [6.45, 7) is 0. The first-order valence-electron chi connectivity index (χ1n) is 3.69. The molecule has 0 saturated carbocycles. The van der Waals surface area contributed by atoms with Gasteiger partial charge in [0, 0.05) is 5.92 Å². The van der Waals surface area contributed by atoms with Crippen molar-refractivity contribution in [2.75, 3.05) is 0 Å². The Hall–Kier alpha value is -0.850. The molecule has 0 aromatic heterocycles. The van der Waals surface area contributed by atoms with E-state index in [9.17, 15) is 4.79 Å². The van der Waals surface area contributed by atoms with Crippen molar-refractivity contribution in [1.29, 1.82) is 0 Å². The van der Waals surface area contributed by atoms with Gasteiger partial charge in [0.05, 0.1) is 0 Å². The molecule has 0 heterocycles. The van der Waals surface area contributed by atoms with Crippen LogP contribution < -0.4 is 0 Å².